The lowest BCUT2D eigenvalue weighted by Crippen LogP contribution is -2.48. The zero-order valence-electron chi connectivity index (χ0n) is 18.4. The minimum absolute atomic E-state index is 0.115. The van der Waals surface area contributed by atoms with Crippen LogP contribution < -0.4 is 10.1 Å². The second-order valence-corrected chi connectivity index (χ2v) is 8.14. The maximum Gasteiger partial charge on any atom is 0.407 e. The van der Waals surface area contributed by atoms with E-state index in [1.165, 1.54) is 0 Å². The molecule has 7 nitrogen and oxygen atoms in total. The molecule has 0 bridgehead atoms. The summed E-state index contributed by atoms with van der Waals surface area (Å²) < 4.78 is 10.6. The van der Waals surface area contributed by atoms with Gasteiger partial charge in [-0.25, -0.2) is 4.79 Å². The summed E-state index contributed by atoms with van der Waals surface area (Å²) in [5.74, 6) is 0.937. The predicted octanol–water partition coefficient (Wildman–Crippen LogP) is 3.70. The Morgan fingerprint density at radius 1 is 1.06 bits per heavy atom. The van der Waals surface area contributed by atoms with Gasteiger partial charge in [0, 0.05) is 56.3 Å². The van der Waals surface area contributed by atoms with Crippen molar-refractivity contribution < 1.29 is 19.1 Å². The summed E-state index contributed by atoms with van der Waals surface area (Å²) in [4.78, 5) is 28.4. The number of rotatable bonds is 9. The molecule has 1 aliphatic heterocycles. The van der Waals surface area contributed by atoms with Crippen molar-refractivity contribution in [3.63, 3.8) is 0 Å². The van der Waals surface area contributed by atoms with Crippen LogP contribution in [0, 0.1) is 0 Å². The van der Waals surface area contributed by atoms with Crippen LogP contribution in [0.2, 0.25) is 5.02 Å². The number of benzene rings is 2. The highest BCUT2D eigenvalue weighted by atomic mass is 35.5. The summed E-state index contributed by atoms with van der Waals surface area (Å²) in [7, 11) is 1.65. The van der Waals surface area contributed by atoms with E-state index in [4.69, 9.17) is 21.1 Å². The summed E-state index contributed by atoms with van der Waals surface area (Å²) in [6, 6.07) is 15.1. The molecule has 0 unspecified atom stereocenters. The molecule has 32 heavy (non-hydrogen) atoms. The summed E-state index contributed by atoms with van der Waals surface area (Å²) in [5.41, 5.74) is 1.98. The number of hydrogen-bond donors (Lipinski definition) is 1. The van der Waals surface area contributed by atoms with Gasteiger partial charge in [0.2, 0.25) is 5.91 Å². The zero-order chi connectivity index (χ0) is 22.8. The number of piperazine rings is 1. The maximum absolute atomic E-state index is 12.5. The van der Waals surface area contributed by atoms with Crippen molar-refractivity contribution in [3.8, 4) is 5.75 Å². The standard InChI is InChI=1S/C24H30ClN3O4/c1-31-22-10-9-21(25)16-20(22)17-27-12-14-28(15-13-27)23(29)8-5-11-26-24(30)32-18-19-6-3-2-4-7-19/h2-4,6-7,9-10,16H,5,8,11-15,17-18H2,1H3,(H,26,30). The lowest BCUT2D eigenvalue weighted by molar-refractivity contribution is -0.133. The van der Waals surface area contributed by atoms with E-state index < -0.39 is 6.09 Å². The van der Waals surface area contributed by atoms with Gasteiger partial charge in [0.15, 0.2) is 0 Å². The first kappa shape index (κ1) is 23.9. The molecular formula is C24H30ClN3O4. The van der Waals surface area contributed by atoms with Crippen LogP contribution in [-0.4, -0.2) is 61.6 Å². The van der Waals surface area contributed by atoms with E-state index in [0.29, 0.717) is 37.5 Å². The van der Waals surface area contributed by atoms with Gasteiger partial charge in [0.05, 0.1) is 7.11 Å². The molecule has 172 valence electrons. The quantitative estimate of drug-likeness (QED) is 0.579. The average molecular weight is 460 g/mol. The van der Waals surface area contributed by atoms with E-state index in [1.807, 2.05) is 53.4 Å². The number of ether oxygens (including phenoxy) is 2. The molecule has 0 radical (unpaired) electrons. The molecule has 0 aliphatic carbocycles. The van der Waals surface area contributed by atoms with E-state index in [0.717, 1.165) is 36.5 Å². The van der Waals surface area contributed by atoms with Gasteiger partial charge in [-0.15, -0.1) is 0 Å². The number of nitrogens with zero attached hydrogens (tertiary/aromatic N) is 2. The minimum Gasteiger partial charge on any atom is -0.496 e. The first-order valence-electron chi connectivity index (χ1n) is 10.8. The summed E-state index contributed by atoms with van der Waals surface area (Å²) >= 11 is 6.12. The van der Waals surface area contributed by atoms with E-state index in [2.05, 4.69) is 10.2 Å². The summed E-state index contributed by atoms with van der Waals surface area (Å²) in [5, 5.41) is 3.39. The van der Waals surface area contributed by atoms with Crippen molar-refractivity contribution in [3.05, 3.63) is 64.7 Å². The van der Waals surface area contributed by atoms with E-state index in [9.17, 15) is 9.59 Å². The Bertz CT molecular complexity index is 886. The lowest BCUT2D eigenvalue weighted by atomic mass is 10.1. The summed E-state index contributed by atoms with van der Waals surface area (Å²) in [6.45, 7) is 4.35. The predicted molar refractivity (Wildman–Crippen MR) is 124 cm³/mol. The second kappa shape index (κ2) is 12.3. The van der Waals surface area contributed by atoms with Gasteiger partial charge in [0.1, 0.15) is 12.4 Å². The van der Waals surface area contributed by atoms with E-state index in [-0.39, 0.29) is 12.5 Å². The largest absolute Gasteiger partial charge is 0.496 e. The molecule has 1 fully saturated rings. The van der Waals surface area contributed by atoms with Crippen LogP contribution in [0.3, 0.4) is 0 Å². The third kappa shape index (κ3) is 7.43. The third-order valence-electron chi connectivity index (χ3n) is 5.41. The van der Waals surface area contributed by atoms with Gasteiger partial charge < -0.3 is 19.7 Å². The van der Waals surface area contributed by atoms with Crippen molar-refractivity contribution in [2.45, 2.75) is 26.0 Å². The van der Waals surface area contributed by atoms with Crippen LogP contribution in [-0.2, 0) is 22.7 Å². The number of amides is 2. The van der Waals surface area contributed by atoms with Crippen molar-refractivity contribution in [1.82, 2.24) is 15.1 Å². The van der Waals surface area contributed by atoms with Crippen molar-refractivity contribution >= 4 is 23.6 Å². The van der Waals surface area contributed by atoms with E-state index >= 15 is 0 Å². The molecule has 2 aromatic carbocycles. The van der Waals surface area contributed by atoms with Gasteiger partial charge >= 0.3 is 6.09 Å². The molecule has 0 aromatic heterocycles. The van der Waals surface area contributed by atoms with Crippen LogP contribution in [0.1, 0.15) is 24.0 Å². The number of hydrogen-bond acceptors (Lipinski definition) is 5. The van der Waals surface area contributed by atoms with Crippen molar-refractivity contribution in [1.29, 1.82) is 0 Å². The van der Waals surface area contributed by atoms with Gasteiger partial charge in [-0.2, -0.15) is 0 Å². The fourth-order valence-electron chi connectivity index (χ4n) is 3.63. The number of halogens is 1. The number of methoxy groups -OCH3 is 1. The molecular weight excluding hydrogens is 430 g/mol. The fraction of sp³-hybridized carbons (Fsp3) is 0.417. The third-order valence-corrected chi connectivity index (χ3v) is 5.65. The highest BCUT2D eigenvalue weighted by Gasteiger charge is 2.21. The van der Waals surface area contributed by atoms with Crippen LogP contribution in [0.25, 0.3) is 0 Å². The lowest BCUT2D eigenvalue weighted by Gasteiger charge is -2.35. The Hall–Kier alpha value is -2.77. The Kier molecular flexibility index (Phi) is 9.19. The molecule has 3 rings (SSSR count). The van der Waals surface area contributed by atoms with Crippen LogP contribution >= 0.6 is 11.6 Å². The number of alkyl carbamates (subject to hydrolysis) is 1. The number of nitrogens with one attached hydrogen (secondary N) is 1. The van der Waals surface area contributed by atoms with Gasteiger partial charge in [-0.3, -0.25) is 9.69 Å². The normalized spacial score (nSPS) is 14.1. The minimum atomic E-state index is -0.466. The maximum atomic E-state index is 12.5. The van der Waals surface area contributed by atoms with Crippen molar-refractivity contribution in [2.24, 2.45) is 0 Å². The van der Waals surface area contributed by atoms with E-state index in [1.54, 1.807) is 7.11 Å². The summed E-state index contributed by atoms with van der Waals surface area (Å²) in [6.07, 6.45) is 0.520. The molecule has 1 heterocycles. The molecule has 0 saturated carbocycles. The molecule has 1 saturated heterocycles. The fourth-order valence-corrected chi connectivity index (χ4v) is 3.82. The first-order chi connectivity index (χ1) is 15.5. The first-order valence-corrected chi connectivity index (χ1v) is 11.2. The molecule has 2 aromatic rings. The highest BCUT2D eigenvalue weighted by Crippen LogP contribution is 2.24. The smallest absolute Gasteiger partial charge is 0.407 e. The van der Waals surface area contributed by atoms with Crippen LogP contribution in [0.4, 0.5) is 4.79 Å². The molecule has 2 amide bonds. The van der Waals surface area contributed by atoms with Crippen molar-refractivity contribution in [2.75, 3.05) is 39.8 Å². The van der Waals surface area contributed by atoms with Crippen LogP contribution in [0.15, 0.2) is 48.5 Å². The van der Waals surface area contributed by atoms with Gasteiger partial charge in [0.25, 0.3) is 0 Å². The monoisotopic (exact) mass is 459 g/mol. The van der Waals surface area contributed by atoms with Crippen LogP contribution in [0.5, 0.6) is 5.75 Å². The Morgan fingerprint density at radius 3 is 2.53 bits per heavy atom. The molecule has 0 spiro atoms. The van der Waals surface area contributed by atoms with Gasteiger partial charge in [-0.05, 0) is 30.2 Å². The number of carbonyl (C=O) groups is 2. The Morgan fingerprint density at radius 2 is 1.81 bits per heavy atom. The molecule has 0 atom stereocenters. The average Bonchev–Trinajstić information content (AvgIpc) is 2.81. The SMILES string of the molecule is COc1ccc(Cl)cc1CN1CCN(C(=O)CCCNC(=O)OCc2ccccc2)CC1. The molecule has 8 heteroatoms. The molecule has 1 N–H and O–H groups in total. The van der Waals surface area contributed by atoms with Gasteiger partial charge in [-0.1, -0.05) is 41.9 Å². The molecule has 1 aliphatic rings. The Balaban J connectivity index is 1.31. The highest BCUT2D eigenvalue weighted by molar-refractivity contribution is 6.30. The second-order valence-electron chi connectivity index (χ2n) is 7.71. The number of carbonyl (C=O) groups excluding carboxylic acids is 2. The zero-order valence-corrected chi connectivity index (χ0v) is 19.1. The topological polar surface area (TPSA) is 71.1 Å². The Labute approximate surface area is 194 Å².